The maximum atomic E-state index is 10.1. The molecule has 0 spiro atoms. The molecule has 0 atom stereocenters. The van der Waals surface area contributed by atoms with E-state index >= 15 is 0 Å². The molecule has 0 unspecified atom stereocenters. The van der Waals surface area contributed by atoms with Gasteiger partial charge >= 0.3 is 0 Å². The SMILES string of the molecule is CC/C=C1\c2c(cccc2-c2cncnc2)N=C(CN(CCC)C2=C(C#N)C(C)=NCN2C)N1c1ccccc1. The summed E-state index contributed by atoms with van der Waals surface area (Å²) in [4.78, 5) is 25.0. The molecule has 0 saturated heterocycles. The summed E-state index contributed by atoms with van der Waals surface area (Å²) in [6, 6.07) is 19.0. The summed E-state index contributed by atoms with van der Waals surface area (Å²) in [5.41, 5.74) is 7.45. The van der Waals surface area contributed by atoms with E-state index < -0.39 is 0 Å². The summed E-state index contributed by atoms with van der Waals surface area (Å²) in [7, 11) is 1.99. The van der Waals surface area contributed by atoms with Gasteiger partial charge in [0.1, 0.15) is 36.3 Å². The van der Waals surface area contributed by atoms with E-state index in [0.717, 1.165) is 70.5 Å². The van der Waals surface area contributed by atoms with Crippen LogP contribution in [0.5, 0.6) is 0 Å². The van der Waals surface area contributed by atoms with Crippen molar-refractivity contribution in [3.8, 4) is 17.2 Å². The number of allylic oxidation sites excluding steroid dienone is 2. The summed E-state index contributed by atoms with van der Waals surface area (Å²) < 4.78 is 0. The van der Waals surface area contributed by atoms with Gasteiger partial charge in [0, 0.05) is 42.8 Å². The van der Waals surface area contributed by atoms with Crippen LogP contribution in [0.4, 0.5) is 11.4 Å². The quantitative estimate of drug-likeness (QED) is 0.342. The van der Waals surface area contributed by atoms with E-state index in [2.05, 4.69) is 92.1 Å². The monoisotopic (exact) mass is 530 g/mol. The average molecular weight is 531 g/mol. The lowest BCUT2D eigenvalue weighted by molar-refractivity contribution is 0.254. The van der Waals surface area contributed by atoms with Gasteiger partial charge in [-0.1, -0.05) is 50.3 Å². The lowest BCUT2D eigenvalue weighted by atomic mass is 9.94. The van der Waals surface area contributed by atoms with E-state index in [4.69, 9.17) is 4.99 Å². The van der Waals surface area contributed by atoms with Crippen molar-refractivity contribution >= 4 is 28.6 Å². The maximum Gasteiger partial charge on any atom is 0.134 e. The number of aromatic nitrogens is 2. The standard InChI is InChI=1S/C32H34N8/c1-5-11-29-31-26(24-18-34-21-35-19-24)14-10-15-28(31)37-30(40(29)25-12-8-7-9-13-25)20-39(16-6-2)32-27(17-33)23(3)36-22-38(32)4/h7-15,18-19,21H,5-6,16,20,22H2,1-4H3/b29-11+. The van der Waals surface area contributed by atoms with Gasteiger partial charge in [0.05, 0.1) is 23.6 Å². The molecule has 2 aliphatic rings. The molecule has 1 aromatic heterocycles. The Morgan fingerprint density at radius 2 is 1.82 bits per heavy atom. The van der Waals surface area contributed by atoms with Crippen LogP contribution in [0.2, 0.25) is 0 Å². The van der Waals surface area contributed by atoms with E-state index in [-0.39, 0.29) is 0 Å². The topological polar surface area (TPSA) is 84.0 Å². The fraction of sp³-hybridized carbons (Fsp3) is 0.281. The maximum absolute atomic E-state index is 10.1. The molecule has 202 valence electrons. The Labute approximate surface area is 236 Å². The molecule has 2 aliphatic heterocycles. The Balaban J connectivity index is 1.72. The van der Waals surface area contributed by atoms with Crippen molar-refractivity contribution < 1.29 is 0 Å². The van der Waals surface area contributed by atoms with E-state index in [1.54, 1.807) is 6.33 Å². The number of aliphatic imine (C=N–C) groups is 2. The first-order valence-corrected chi connectivity index (χ1v) is 13.7. The molecule has 0 bridgehead atoms. The number of nitrogens with zero attached hydrogens (tertiary/aromatic N) is 8. The van der Waals surface area contributed by atoms with Crippen LogP contribution in [0, 0.1) is 11.3 Å². The Kier molecular flexibility index (Phi) is 8.02. The van der Waals surface area contributed by atoms with Crippen LogP contribution in [-0.2, 0) is 0 Å². The van der Waals surface area contributed by atoms with Gasteiger partial charge in [-0.25, -0.2) is 15.0 Å². The second-order valence-corrected chi connectivity index (χ2v) is 9.84. The molecule has 2 aromatic carbocycles. The molecule has 3 aromatic rings. The number of hydrogen-bond acceptors (Lipinski definition) is 8. The predicted molar refractivity (Wildman–Crippen MR) is 162 cm³/mol. The third kappa shape index (κ3) is 5.10. The minimum Gasteiger partial charge on any atom is -0.350 e. The van der Waals surface area contributed by atoms with Crippen molar-refractivity contribution in [3.63, 3.8) is 0 Å². The molecular weight excluding hydrogens is 496 g/mol. The zero-order valence-corrected chi connectivity index (χ0v) is 23.5. The first-order valence-electron chi connectivity index (χ1n) is 13.7. The van der Waals surface area contributed by atoms with Gasteiger partial charge in [0.2, 0.25) is 0 Å². The molecule has 40 heavy (non-hydrogen) atoms. The molecule has 0 amide bonds. The van der Waals surface area contributed by atoms with Crippen molar-refractivity contribution in [1.82, 2.24) is 19.8 Å². The first kappa shape index (κ1) is 26.8. The van der Waals surface area contributed by atoms with Crippen molar-refractivity contribution in [1.29, 1.82) is 5.26 Å². The van der Waals surface area contributed by atoms with Crippen molar-refractivity contribution in [3.05, 3.63) is 90.3 Å². The number of benzene rings is 2. The Morgan fingerprint density at radius 1 is 1.05 bits per heavy atom. The smallest absolute Gasteiger partial charge is 0.134 e. The Morgan fingerprint density at radius 3 is 2.52 bits per heavy atom. The van der Waals surface area contributed by atoms with Gasteiger partial charge in [-0.15, -0.1) is 0 Å². The predicted octanol–water partition coefficient (Wildman–Crippen LogP) is 6.26. The van der Waals surface area contributed by atoms with Crippen LogP contribution in [0.25, 0.3) is 16.8 Å². The van der Waals surface area contributed by atoms with Crippen molar-refractivity contribution in [2.24, 2.45) is 9.98 Å². The molecule has 0 saturated carbocycles. The highest BCUT2D eigenvalue weighted by atomic mass is 15.4. The lowest BCUT2D eigenvalue weighted by Gasteiger charge is -2.40. The molecule has 8 nitrogen and oxygen atoms in total. The molecule has 0 N–H and O–H groups in total. The fourth-order valence-electron chi connectivity index (χ4n) is 5.32. The highest BCUT2D eigenvalue weighted by Crippen LogP contribution is 2.43. The minimum atomic E-state index is 0.522. The second-order valence-electron chi connectivity index (χ2n) is 9.84. The number of fused-ring (bicyclic) bond motifs is 1. The largest absolute Gasteiger partial charge is 0.350 e. The highest BCUT2D eigenvalue weighted by Gasteiger charge is 2.32. The van der Waals surface area contributed by atoms with Gasteiger partial charge in [0.15, 0.2) is 0 Å². The van der Waals surface area contributed by atoms with Gasteiger partial charge in [-0.3, -0.25) is 9.89 Å². The van der Waals surface area contributed by atoms with Crippen LogP contribution in [0.3, 0.4) is 0 Å². The van der Waals surface area contributed by atoms with Crippen molar-refractivity contribution in [2.75, 3.05) is 31.7 Å². The lowest BCUT2D eigenvalue weighted by Crippen LogP contribution is -2.45. The second kappa shape index (κ2) is 12.0. The summed E-state index contributed by atoms with van der Waals surface area (Å²) in [6.45, 7) is 8.06. The van der Waals surface area contributed by atoms with Crippen LogP contribution < -0.4 is 4.90 Å². The third-order valence-electron chi connectivity index (χ3n) is 7.03. The minimum absolute atomic E-state index is 0.522. The number of amidine groups is 1. The number of hydrogen-bond donors (Lipinski definition) is 0. The van der Waals surface area contributed by atoms with Gasteiger partial charge in [-0.2, -0.15) is 5.26 Å². The van der Waals surface area contributed by atoms with E-state index in [1.165, 1.54) is 0 Å². The Hall–Kier alpha value is -4.77. The van der Waals surface area contributed by atoms with Crippen LogP contribution in [0.15, 0.2) is 94.7 Å². The molecule has 8 heteroatoms. The van der Waals surface area contributed by atoms with Gasteiger partial charge in [-0.05, 0) is 43.5 Å². The van der Waals surface area contributed by atoms with Crippen LogP contribution in [-0.4, -0.2) is 58.1 Å². The van der Waals surface area contributed by atoms with E-state index in [0.29, 0.717) is 18.8 Å². The van der Waals surface area contributed by atoms with E-state index in [9.17, 15) is 5.26 Å². The zero-order valence-electron chi connectivity index (χ0n) is 23.5. The number of anilines is 1. The molecule has 0 fully saturated rings. The highest BCUT2D eigenvalue weighted by molar-refractivity contribution is 6.16. The zero-order chi connectivity index (χ0) is 28.1. The number of para-hydroxylation sites is 1. The number of rotatable bonds is 8. The Bertz CT molecular complexity index is 1530. The van der Waals surface area contributed by atoms with Crippen LogP contribution >= 0.6 is 0 Å². The summed E-state index contributed by atoms with van der Waals surface area (Å²) >= 11 is 0. The molecular formula is C32H34N8. The van der Waals surface area contributed by atoms with Gasteiger partial charge in [0.25, 0.3) is 0 Å². The summed E-state index contributed by atoms with van der Waals surface area (Å²) in [5.74, 6) is 1.79. The van der Waals surface area contributed by atoms with Crippen molar-refractivity contribution in [2.45, 2.75) is 33.6 Å². The molecule has 3 heterocycles. The van der Waals surface area contributed by atoms with E-state index in [1.807, 2.05) is 38.5 Å². The average Bonchev–Trinajstić information content (AvgIpc) is 2.98. The van der Waals surface area contributed by atoms with Gasteiger partial charge < -0.3 is 9.80 Å². The molecule has 0 aliphatic carbocycles. The molecule has 0 radical (unpaired) electrons. The third-order valence-corrected chi connectivity index (χ3v) is 7.03. The van der Waals surface area contributed by atoms with Crippen LogP contribution in [0.1, 0.15) is 39.2 Å². The summed E-state index contributed by atoms with van der Waals surface area (Å²) in [5, 5.41) is 10.1. The number of nitriles is 1. The fourth-order valence-corrected chi connectivity index (χ4v) is 5.32. The normalized spacial score (nSPS) is 15.9. The molecule has 5 rings (SSSR count). The first-order chi connectivity index (χ1) is 19.6. The summed E-state index contributed by atoms with van der Waals surface area (Å²) in [6.07, 6.45) is 9.29.